The highest BCUT2D eigenvalue weighted by Crippen LogP contribution is 2.35. The van der Waals surface area contributed by atoms with Gasteiger partial charge in [-0.05, 0) is 63.5 Å². The predicted octanol–water partition coefficient (Wildman–Crippen LogP) is 2.54. The molecule has 2 aliphatic rings. The minimum absolute atomic E-state index is 0.437. The molecule has 1 saturated heterocycles. The molecule has 0 amide bonds. The molecule has 2 N–H and O–H groups in total. The van der Waals surface area contributed by atoms with E-state index in [1.54, 1.807) is 0 Å². The molecule has 1 atom stereocenters. The van der Waals surface area contributed by atoms with Crippen molar-refractivity contribution in [3.63, 3.8) is 0 Å². The Kier molecular flexibility index (Phi) is 3.60. The average Bonchev–Trinajstić information content (AvgIpc) is 2.25. The van der Waals surface area contributed by atoms with E-state index in [0.717, 1.165) is 5.92 Å². The highest BCUT2D eigenvalue weighted by molar-refractivity contribution is 4.94. The van der Waals surface area contributed by atoms with E-state index in [2.05, 4.69) is 31.4 Å². The number of hydrogen-bond acceptors (Lipinski definition) is 2. The molecule has 94 valence electrons. The maximum atomic E-state index is 3.81. The van der Waals surface area contributed by atoms with Gasteiger partial charge in [0.1, 0.15) is 0 Å². The van der Waals surface area contributed by atoms with Crippen LogP contribution < -0.4 is 10.6 Å². The minimum Gasteiger partial charge on any atom is -0.316 e. The first-order valence-corrected chi connectivity index (χ1v) is 6.98. The van der Waals surface area contributed by atoms with Gasteiger partial charge in [0.25, 0.3) is 0 Å². The van der Waals surface area contributed by atoms with Crippen molar-refractivity contribution in [3.8, 4) is 0 Å². The van der Waals surface area contributed by atoms with Gasteiger partial charge < -0.3 is 10.6 Å². The Labute approximate surface area is 101 Å². The Balaban J connectivity index is 1.81. The van der Waals surface area contributed by atoms with Gasteiger partial charge in [-0.15, -0.1) is 0 Å². The van der Waals surface area contributed by atoms with Crippen molar-refractivity contribution < 1.29 is 0 Å². The summed E-state index contributed by atoms with van der Waals surface area (Å²) < 4.78 is 0. The van der Waals surface area contributed by atoms with E-state index in [1.165, 1.54) is 51.7 Å². The van der Waals surface area contributed by atoms with E-state index in [-0.39, 0.29) is 0 Å². The molecule has 1 aliphatic carbocycles. The predicted molar refractivity (Wildman–Crippen MR) is 69.6 cm³/mol. The normalized spacial score (nSPS) is 29.8. The van der Waals surface area contributed by atoms with E-state index >= 15 is 0 Å². The van der Waals surface area contributed by atoms with Gasteiger partial charge in [-0.3, -0.25) is 0 Å². The Morgan fingerprint density at radius 1 is 1.31 bits per heavy atom. The first kappa shape index (κ1) is 12.4. The summed E-state index contributed by atoms with van der Waals surface area (Å²) >= 11 is 0. The summed E-state index contributed by atoms with van der Waals surface area (Å²) in [6, 6.07) is 0. The number of piperidine rings is 1. The molecule has 2 rings (SSSR count). The van der Waals surface area contributed by atoms with Crippen LogP contribution in [0.2, 0.25) is 0 Å². The van der Waals surface area contributed by atoms with Crippen LogP contribution in [0, 0.1) is 11.3 Å². The van der Waals surface area contributed by atoms with Crippen molar-refractivity contribution in [3.05, 3.63) is 0 Å². The molecule has 2 nitrogen and oxygen atoms in total. The summed E-state index contributed by atoms with van der Waals surface area (Å²) in [5.74, 6) is 0.845. The van der Waals surface area contributed by atoms with Gasteiger partial charge in [-0.1, -0.05) is 13.8 Å². The largest absolute Gasteiger partial charge is 0.316 e. The lowest BCUT2D eigenvalue weighted by Gasteiger charge is -2.44. The summed E-state index contributed by atoms with van der Waals surface area (Å²) in [6.07, 6.45) is 6.90. The quantitative estimate of drug-likeness (QED) is 0.767. The van der Waals surface area contributed by atoms with Gasteiger partial charge in [0.15, 0.2) is 0 Å². The molecule has 1 aliphatic heterocycles. The van der Waals surface area contributed by atoms with E-state index in [4.69, 9.17) is 0 Å². The summed E-state index contributed by atoms with van der Waals surface area (Å²) in [7, 11) is 0. The third kappa shape index (κ3) is 2.78. The van der Waals surface area contributed by atoms with Gasteiger partial charge in [0.05, 0.1) is 0 Å². The number of hydrogen-bond donors (Lipinski definition) is 2. The van der Waals surface area contributed by atoms with Crippen LogP contribution in [-0.2, 0) is 0 Å². The Morgan fingerprint density at radius 2 is 2.06 bits per heavy atom. The maximum absolute atomic E-state index is 3.81. The van der Waals surface area contributed by atoms with Crippen molar-refractivity contribution in [2.45, 2.75) is 58.4 Å². The second-order valence-corrected chi connectivity index (χ2v) is 6.80. The Hall–Kier alpha value is -0.0800. The zero-order valence-electron chi connectivity index (χ0n) is 11.2. The van der Waals surface area contributed by atoms with Crippen LogP contribution >= 0.6 is 0 Å². The lowest BCUT2D eigenvalue weighted by Crippen LogP contribution is -2.53. The molecule has 1 unspecified atom stereocenters. The maximum Gasteiger partial charge on any atom is 0.0153 e. The topological polar surface area (TPSA) is 24.1 Å². The third-order valence-corrected chi connectivity index (χ3v) is 4.83. The highest BCUT2D eigenvalue weighted by Gasteiger charge is 2.36. The molecule has 0 aromatic carbocycles. The van der Waals surface area contributed by atoms with Gasteiger partial charge >= 0.3 is 0 Å². The van der Waals surface area contributed by atoms with Crippen LogP contribution in [0.4, 0.5) is 0 Å². The molecule has 16 heavy (non-hydrogen) atoms. The molecular formula is C14H28N2. The van der Waals surface area contributed by atoms with Crippen molar-refractivity contribution in [1.29, 1.82) is 0 Å². The van der Waals surface area contributed by atoms with Gasteiger partial charge in [0.2, 0.25) is 0 Å². The van der Waals surface area contributed by atoms with Crippen molar-refractivity contribution >= 4 is 0 Å². The first-order valence-electron chi connectivity index (χ1n) is 6.98. The van der Waals surface area contributed by atoms with Crippen LogP contribution in [0.15, 0.2) is 0 Å². The van der Waals surface area contributed by atoms with Crippen LogP contribution in [0.3, 0.4) is 0 Å². The SMILES string of the molecule is CC1(NCC(C)(C)C2CCCNC2)CCC1. The van der Waals surface area contributed by atoms with E-state index in [1.807, 2.05) is 0 Å². The van der Waals surface area contributed by atoms with E-state index in [9.17, 15) is 0 Å². The first-order chi connectivity index (χ1) is 7.52. The lowest BCUT2D eigenvalue weighted by atomic mass is 9.73. The van der Waals surface area contributed by atoms with Crippen molar-refractivity contribution in [2.24, 2.45) is 11.3 Å². The molecule has 0 bridgehead atoms. The van der Waals surface area contributed by atoms with Crippen molar-refractivity contribution in [2.75, 3.05) is 19.6 Å². The molecular weight excluding hydrogens is 196 g/mol. The standard InChI is InChI=1S/C14H28N2/c1-13(2,12-6-4-9-15-10-12)11-16-14(3)7-5-8-14/h12,15-16H,4-11H2,1-3H3. The van der Waals surface area contributed by atoms with Crippen LogP contribution in [0.25, 0.3) is 0 Å². The monoisotopic (exact) mass is 224 g/mol. The Morgan fingerprint density at radius 3 is 2.56 bits per heavy atom. The summed E-state index contributed by atoms with van der Waals surface area (Å²) in [4.78, 5) is 0. The van der Waals surface area contributed by atoms with Crippen LogP contribution in [0.1, 0.15) is 52.9 Å². The summed E-state index contributed by atoms with van der Waals surface area (Å²) in [5, 5.41) is 7.34. The molecule has 0 spiro atoms. The molecule has 2 heteroatoms. The second-order valence-electron chi connectivity index (χ2n) is 6.80. The molecule has 2 fully saturated rings. The number of nitrogens with one attached hydrogen (secondary N) is 2. The lowest BCUT2D eigenvalue weighted by molar-refractivity contribution is 0.123. The van der Waals surface area contributed by atoms with Crippen molar-refractivity contribution in [1.82, 2.24) is 10.6 Å². The molecule has 0 aromatic rings. The summed E-state index contributed by atoms with van der Waals surface area (Å²) in [6.45, 7) is 10.9. The van der Waals surface area contributed by atoms with Gasteiger partial charge in [-0.25, -0.2) is 0 Å². The molecule has 1 saturated carbocycles. The fraction of sp³-hybridized carbons (Fsp3) is 1.00. The van der Waals surface area contributed by atoms with E-state index in [0.29, 0.717) is 11.0 Å². The fourth-order valence-electron chi connectivity index (χ4n) is 2.99. The Bertz CT molecular complexity index is 225. The zero-order chi connectivity index (χ0) is 11.6. The highest BCUT2D eigenvalue weighted by atomic mass is 15.0. The molecule has 1 heterocycles. The molecule has 0 radical (unpaired) electrons. The molecule has 0 aromatic heterocycles. The van der Waals surface area contributed by atoms with Crippen LogP contribution in [-0.4, -0.2) is 25.2 Å². The van der Waals surface area contributed by atoms with E-state index < -0.39 is 0 Å². The zero-order valence-corrected chi connectivity index (χ0v) is 11.2. The summed E-state index contributed by atoms with van der Waals surface area (Å²) in [5.41, 5.74) is 0.894. The van der Waals surface area contributed by atoms with Gasteiger partial charge in [0, 0.05) is 12.1 Å². The third-order valence-electron chi connectivity index (χ3n) is 4.83. The smallest absolute Gasteiger partial charge is 0.0153 e. The fourth-order valence-corrected chi connectivity index (χ4v) is 2.99. The minimum atomic E-state index is 0.437. The van der Waals surface area contributed by atoms with Gasteiger partial charge in [-0.2, -0.15) is 0 Å². The van der Waals surface area contributed by atoms with Crippen LogP contribution in [0.5, 0.6) is 0 Å². The second kappa shape index (κ2) is 4.66. The number of rotatable bonds is 4. The average molecular weight is 224 g/mol.